The van der Waals surface area contributed by atoms with Crippen LogP contribution in [0.5, 0.6) is 0 Å². The van der Waals surface area contributed by atoms with Crippen molar-refractivity contribution in [1.29, 1.82) is 0 Å². The molecular formula is C17H14N2O3. The number of anilines is 1. The Bertz CT molecular complexity index is 768. The number of hydrogen-bond donors (Lipinski definition) is 2. The highest BCUT2D eigenvalue weighted by molar-refractivity contribution is 6.06. The third kappa shape index (κ3) is 2.22. The zero-order valence-corrected chi connectivity index (χ0v) is 11.6. The molecule has 2 amide bonds. The first-order valence-corrected chi connectivity index (χ1v) is 6.77. The fraction of sp³-hybridized carbons (Fsp3) is 0.0588. The summed E-state index contributed by atoms with van der Waals surface area (Å²) in [4.78, 5) is 25.3. The SMILES string of the molecule is NC(=O)c1ccccc1C1C(O)=CC(=O)N1c1ccccc1. The predicted octanol–water partition coefficient (Wildman–Crippen LogP) is 2.32. The van der Waals surface area contributed by atoms with Crippen molar-refractivity contribution in [3.05, 3.63) is 77.6 Å². The van der Waals surface area contributed by atoms with Crippen molar-refractivity contribution in [2.45, 2.75) is 6.04 Å². The normalized spacial score (nSPS) is 17.5. The van der Waals surface area contributed by atoms with Crippen molar-refractivity contribution in [3.63, 3.8) is 0 Å². The topological polar surface area (TPSA) is 83.6 Å². The molecule has 0 aromatic heterocycles. The predicted molar refractivity (Wildman–Crippen MR) is 82.3 cm³/mol. The van der Waals surface area contributed by atoms with Gasteiger partial charge in [0, 0.05) is 17.3 Å². The smallest absolute Gasteiger partial charge is 0.255 e. The lowest BCUT2D eigenvalue weighted by atomic mass is 9.98. The first kappa shape index (κ1) is 13.9. The molecule has 1 atom stereocenters. The van der Waals surface area contributed by atoms with Gasteiger partial charge in [0.05, 0.1) is 0 Å². The Hall–Kier alpha value is -3.08. The summed E-state index contributed by atoms with van der Waals surface area (Å²) in [5, 5.41) is 10.2. The summed E-state index contributed by atoms with van der Waals surface area (Å²) < 4.78 is 0. The highest BCUT2D eigenvalue weighted by Crippen LogP contribution is 2.37. The van der Waals surface area contributed by atoms with Gasteiger partial charge in [0.2, 0.25) is 5.91 Å². The molecule has 5 heteroatoms. The van der Waals surface area contributed by atoms with Crippen molar-refractivity contribution >= 4 is 17.5 Å². The van der Waals surface area contributed by atoms with Crippen LogP contribution in [0.1, 0.15) is 22.0 Å². The van der Waals surface area contributed by atoms with E-state index in [1.165, 1.54) is 4.90 Å². The molecule has 22 heavy (non-hydrogen) atoms. The van der Waals surface area contributed by atoms with E-state index in [1.807, 2.05) is 6.07 Å². The van der Waals surface area contributed by atoms with Crippen LogP contribution >= 0.6 is 0 Å². The van der Waals surface area contributed by atoms with Crippen LogP contribution in [0.4, 0.5) is 5.69 Å². The van der Waals surface area contributed by atoms with E-state index in [1.54, 1.807) is 48.5 Å². The summed E-state index contributed by atoms with van der Waals surface area (Å²) in [5.74, 6) is -1.05. The fourth-order valence-corrected chi connectivity index (χ4v) is 2.66. The number of nitrogens with two attached hydrogens (primary N) is 1. The van der Waals surface area contributed by atoms with E-state index in [2.05, 4.69) is 0 Å². The molecule has 2 aromatic rings. The molecular weight excluding hydrogens is 280 g/mol. The quantitative estimate of drug-likeness (QED) is 0.911. The van der Waals surface area contributed by atoms with E-state index in [0.717, 1.165) is 6.08 Å². The monoisotopic (exact) mass is 294 g/mol. The molecule has 0 aliphatic carbocycles. The largest absolute Gasteiger partial charge is 0.510 e. The molecule has 110 valence electrons. The maximum Gasteiger partial charge on any atom is 0.255 e. The van der Waals surface area contributed by atoms with Crippen LogP contribution in [0.15, 0.2) is 66.4 Å². The zero-order valence-electron chi connectivity index (χ0n) is 11.6. The Morgan fingerprint density at radius 2 is 1.68 bits per heavy atom. The lowest BCUT2D eigenvalue weighted by molar-refractivity contribution is -0.113. The van der Waals surface area contributed by atoms with Crippen molar-refractivity contribution in [2.24, 2.45) is 5.73 Å². The lowest BCUT2D eigenvalue weighted by Gasteiger charge is -2.27. The second-order valence-electron chi connectivity index (χ2n) is 4.97. The molecule has 0 saturated carbocycles. The maximum atomic E-state index is 12.2. The van der Waals surface area contributed by atoms with Crippen LogP contribution in [0.25, 0.3) is 0 Å². The lowest BCUT2D eigenvalue weighted by Crippen LogP contribution is -2.30. The van der Waals surface area contributed by atoms with Gasteiger partial charge in [0.25, 0.3) is 5.91 Å². The molecule has 1 aliphatic heterocycles. The zero-order chi connectivity index (χ0) is 15.7. The molecule has 0 spiro atoms. The van der Waals surface area contributed by atoms with Gasteiger partial charge in [0.1, 0.15) is 11.8 Å². The number of amides is 2. The Balaban J connectivity index is 2.14. The van der Waals surface area contributed by atoms with Crippen molar-refractivity contribution in [3.8, 4) is 0 Å². The minimum atomic E-state index is -0.751. The van der Waals surface area contributed by atoms with Gasteiger partial charge in [-0.1, -0.05) is 36.4 Å². The second-order valence-corrected chi connectivity index (χ2v) is 4.97. The number of rotatable bonds is 3. The van der Waals surface area contributed by atoms with E-state index in [4.69, 9.17) is 5.73 Å². The van der Waals surface area contributed by atoms with Gasteiger partial charge >= 0.3 is 0 Å². The standard InChI is InChI=1S/C17H14N2O3/c18-17(22)13-9-5-4-8-12(13)16-14(20)10-15(21)19(16)11-6-2-1-3-7-11/h1-10,16,20H,(H2,18,22). The molecule has 1 unspecified atom stereocenters. The van der Waals surface area contributed by atoms with Gasteiger partial charge in [-0.3, -0.25) is 14.5 Å². The van der Waals surface area contributed by atoms with Crippen LogP contribution in [0, 0.1) is 0 Å². The minimum Gasteiger partial charge on any atom is -0.510 e. The van der Waals surface area contributed by atoms with Crippen LogP contribution in [-0.2, 0) is 4.79 Å². The number of hydrogen-bond acceptors (Lipinski definition) is 3. The number of benzene rings is 2. The molecule has 0 radical (unpaired) electrons. The number of primary amides is 1. The Labute approximate surface area is 127 Å². The number of nitrogens with zero attached hydrogens (tertiary/aromatic N) is 1. The van der Waals surface area contributed by atoms with Gasteiger partial charge in [-0.2, -0.15) is 0 Å². The van der Waals surface area contributed by atoms with Gasteiger partial charge in [-0.25, -0.2) is 0 Å². The van der Waals surface area contributed by atoms with Crippen molar-refractivity contribution in [2.75, 3.05) is 4.90 Å². The maximum absolute atomic E-state index is 12.2. The summed E-state index contributed by atoms with van der Waals surface area (Å²) in [6.45, 7) is 0. The number of aliphatic hydroxyl groups excluding tert-OH is 1. The minimum absolute atomic E-state index is 0.109. The van der Waals surface area contributed by atoms with Crippen LogP contribution in [0.3, 0.4) is 0 Å². The Kier molecular flexibility index (Phi) is 3.39. The molecule has 0 saturated heterocycles. The molecule has 0 bridgehead atoms. The number of carbonyl (C=O) groups excluding carboxylic acids is 2. The average Bonchev–Trinajstić information content (AvgIpc) is 2.82. The summed E-state index contributed by atoms with van der Waals surface area (Å²) in [6, 6.07) is 14.9. The molecule has 2 aromatic carbocycles. The van der Waals surface area contributed by atoms with Crippen LogP contribution < -0.4 is 10.6 Å². The fourth-order valence-electron chi connectivity index (χ4n) is 2.66. The molecule has 3 N–H and O–H groups in total. The summed E-state index contributed by atoms with van der Waals surface area (Å²) in [6.07, 6.45) is 1.16. The van der Waals surface area contributed by atoms with Gasteiger partial charge in [-0.05, 0) is 23.8 Å². The first-order chi connectivity index (χ1) is 10.6. The van der Waals surface area contributed by atoms with Crippen LogP contribution in [-0.4, -0.2) is 16.9 Å². The summed E-state index contributed by atoms with van der Waals surface area (Å²) in [7, 11) is 0. The summed E-state index contributed by atoms with van der Waals surface area (Å²) >= 11 is 0. The van der Waals surface area contributed by atoms with Gasteiger partial charge < -0.3 is 10.8 Å². The molecule has 1 heterocycles. The molecule has 0 fully saturated rings. The molecule has 1 aliphatic rings. The van der Waals surface area contributed by atoms with Crippen LogP contribution in [0.2, 0.25) is 0 Å². The number of carbonyl (C=O) groups is 2. The third-order valence-electron chi connectivity index (χ3n) is 3.60. The van der Waals surface area contributed by atoms with Gasteiger partial charge in [0.15, 0.2) is 0 Å². The van der Waals surface area contributed by atoms with E-state index >= 15 is 0 Å². The highest BCUT2D eigenvalue weighted by Gasteiger charge is 2.36. The Morgan fingerprint density at radius 3 is 2.36 bits per heavy atom. The third-order valence-corrected chi connectivity index (χ3v) is 3.60. The Morgan fingerprint density at radius 1 is 1.05 bits per heavy atom. The van der Waals surface area contributed by atoms with Gasteiger partial charge in [-0.15, -0.1) is 0 Å². The highest BCUT2D eigenvalue weighted by atomic mass is 16.3. The van der Waals surface area contributed by atoms with E-state index in [0.29, 0.717) is 11.3 Å². The van der Waals surface area contributed by atoms with Crippen molar-refractivity contribution in [1.82, 2.24) is 0 Å². The molecule has 3 rings (SSSR count). The first-order valence-electron chi connectivity index (χ1n) is 6.77. The number of aliphatic hydroxyl groups is 1. The van der Waals surface area contributed by atoms with E-state index in [-0.39, 0.29) is 17.2 Å². The average molecular weight is 294 g/mol. The van der Waals surface area contributed by atoms with E-state index in [9.17, 15) is 14.7 Å². The second kappa shape index (κ2) is 5.37. The summed E-state index contributed by atoms with van der Waals surface area (Å²) in [5.41, 5.74) is 6.82. The molecule has 5 nitrogen and oxygen atoms in total. The van der Waals surface area contributed by atoms with Crippen molar-refractivity contribution < 1.29 is 14.7 Å². The number of para-hydroxylation sites is 1. The van der Waals surface area contributed by atoms with E-state index < -0.39 is 11.9 Å².